The topological polar surface area (TPSA) is 80.9 Å². The lowest BCUT2D eigenvalue weighted by Gasteiger charge is -2.08. The summed E-state index contributed by atoms with van der Waals surface area (Å²) in [4.78, 5) is 15.3. The van der Waals surface area contributed by atoms with Gasteiger partial charge in [0.25, 0.3) is 0 Å². The van der Waals surface area contributed by atoms with Crippen LogP contribution in [0, 0.1) is 0 Å². The number of aromatic hydroxyl groups is 2. The van der Waals surface area contributed by atoms with Crippen LogP contribution in [0.5, 0.6) is 11.8 Å². The fourth-order valence-corrected chi connectivity index (χ4v) is 0.797. The van der Waals surface area contributed by atoms with Gasteiger partial charge in [-0.25, -0.2) is 4.79 Å². The molecule has 1 atom stereocenters. The van der Waals surface area contributed by atoms with Gasteiger partial charge in [-0.2, -0.15) is 0 Å². The Labute approximate surface area is 84.2 Å². The Balaban J connectivity index is 2.64. The zero-order valence-electron chi connectivity index (χ0n) is 7.18. The molecule has 0 radical (unpaired) electrons. The second-order valence-corrected chi connectivity index (χ2v) is 2.96. The van der Waals surface area contributed by atoms with Crippen LogP contribution in [-0.2, 0) is 4.74 Å². The van der Waals surface area contributed by atoms with Crippen LogP contribution in [0.15, 0.2) is 12.1 Å². The molecular weight excluding hydrogens is 214 g/mol. The van der Waals surface area contributed by atoms with E-state index >= 15 is 0 Å². The highest BCUT2D eigenvalue weighted by Crippen LogP contribution is 2.18. The molecule has 78 valence electrons. The molecule has 0 spiro atoms. The number of ether oxygens (including phenoxy) is 1. The summed E-state index contributed by atoms with van der Waals surface area (Å²) >= 11 is 5.34. The van der Waals surface area contributed by atoms with Gasteiger partial charge in [-0.3, -0.25) is 4.84 Å². The lowest BCUT2D eigenvalue weighted by Crippen LogP contribution is -2.22. The summed E-state index contributed by atoms with van der Waals surface area (Å²) in [5.74, 6) is -0.858. The minimum atomic E-state index is -1.13. The highest BCUT2D eigenvalue weighted by atomic mass is 35.5. The number of nitrogens with zero attached hydrogens (tertiary/aromatic N) is 1. The summed E-state index contributed by atoms with van der Waals surface area (Å²) < 4.78 is 4.90. The van der Waals surface area contributed by atoms with E-state index in [1.165, 1.54) is 6.92 Å². The smallest absolute Gasteiger partial charge is 0.492 e. The standard InChI is InChI=1S/C7H8ClNO5/c1-4(8)13-7(12)14-9-5(10)2-3-6(9)11/h2-4,10-11H,1H3. The summed E-state index contributed by atoms with van der Waals surface area (Å²) in [6.07, 6.45) is -1.13. The zero-order chi connectivity index (χ0) is 10.7. The monoisotopic (exact) mass is 221 g/mol. The minimum absolute atomic E-state index is 0.429. The third-order valence-electron chi connectivity index (χ3n) is 1.22. The number of carbonyl (C=O) groups is 1. The molecule has 0 aliphatic heterocycles. The second-order valence-electron chi connectivity index (χ2n) is 2.35. The van der Waals surface area contributed by atoms with Crippen LogP contribution in [0.3, 0.4) is 0 Å². The molecule has 1 aromatic heterocycles. The molecule has 0 aliphatic rings. The first kappa shape index (κ1) is 10.5. The first-order valence-corrected chi connectivity index (χ1v) is 4.07. The fraction of sp³-hybridized carbons (Fsp3) is 0.286. The average molecular weight is 222 g/mol. The van der Waals surface area contributed by atoms with Gasteiger partial charge in [0.05, 0.1) is 0 Å². The van der Waals surface area contributed by atoms with Gasteiger partial charge in [-0.1, -0.05) is 11.6 Å². The van der Waals surface area contributed by atoms with Crippen LogP contribution < -0.4 is 4.84 Å². The Morgan fingerprint density at radius 2 is 2.00 bits per heavy atom. The van der Waals surface area contributed by atoms with Crippen molar-refractivity contribution >= 4 is 17.8 Å². The molecule has 0 fully saturated rings. The van der Waals surface area contributed by atoms with Crippen molar-refractivity contribution < 1.29 is 24.6 Å². The number of alkyl halides is 1. The number of hydrogen-bond acceptors (Lipinski definition) is 5. The molecule has 0 saturated carbocycles. The van der Waals surface area contributed by atoms with E-state index in [4.69, 9.17) is 21.8 Å². The molecule has 6 nitrogen and oxygen atoms in total. The van der Waals surface area contributed by atoms with Crippen LogP contribution in [0.2, 0.25) is 0 Å². The van der Waals surface area contributed by atoms with Crippen molar-refractivity contribution in [1.82, 2.24) is 4.73 Å². The summed E-state index contributed by atoms with van der Waals surface area (Å²) in [5, 5.41) is 18.1. The quantitative estimate of drug-likeness (QED) is 0.576. The number of carbonyl (C=O) groups excluding carboxylic acids is 1. The molecule has 1 heterocycles. The van der Waals surface area contributed by atoms with Crippen molar-refractivity contribution in [3.63, 3.8) is 0 Å². The molecule has 1 aromatic rings. The zero-order valence-corrected chi connectivity index (χ0v) is 7.93. The van der Waals surface area contributed by atoms with E-state index in [0.29, 0.717) is 4.73 Å². The number of hydrogen-bond donors (Lipinski definition) is 2. The summed E-state index contributed by atoms with van der Waals surface area (Å²) in [7, 11) is 0. The van der Waals surface area contributed by atoms with Crippen molar-refractivity contribution in [3.8, 4) is 11.8 Å². The van der Waals surface area contributed by atoms with Crippen LogP contribution in [0.4, 0.5) is 4.79 Å². The minimum Gasteiger partial charge on any atom is -0.492 e. The normalized spacial score (nSPS) is 12.1. The SMILES string of the molecule is CC(Cl)OC(=O)On1c(O)ccc1O. The molecule has 0 aromatic carbocycles. The molecule has 2 N–H and O–H groups in total. The lowest BCUT2D eigenvalue weighted by atomic mass is 10.6. The van der Waals surface area contributed by atoms with E-state index < -0.39 is 23.5 Å². The third-order valence-corrected chi connectivity index (χ3v) is 1.31. The van der Waals surface area contributed by atoms with Crippen LogP contribution in [-0.4, -0.2) is 26.7 Å². The van der Waals surface area contributed by atoms with E-state index in [1.54, 1.807) is 0 Å². The number of halogens is 1. The Hall–Kier alpha value is -1.56. The third kappa shape index (κ3) is 2.46. The van der Waals surface area contributed by atoms with E-state index in [1.807, 2.05) is 0 Å². The number of rotatable bonds is 2. The summed E-state index contributed by atoms with van der Waals surface area (Å²) in [5.41, 5.74) is -0.859. The summed E-state index contributed by atoms with van der Waals surface area (Å²) in [6, 6.07) is 2.29. The molecule has 1 rings (SSSR count). The predicted molar refractivity (Wildman–Crippen MR) is 46.1 cm³/mol. The highest BCUT2D eigenvalue weighted by molar-refractivity contribution is 6.19. The van der Waals surface area contributed by atoms with Crippen LogP contribution in [0.25, 0.3) is 0 Å². The van der Waals surface area contributed by atoms with Crippen LogP contribution >= 0.6 is 11.6 Å². The van der Waals surface area contributed by atoms with Gasteiger partial charge in [0.2, 0.25) is 11.8 Å². The van der Waals surface area contributed by atoms with Gasteiger partial charge in [0.15, 0.2) is 5.56 Å². The van der Waals surface area contributed by atoms with Gasteiger partial charge in [0.1, 0.15) is 0 Å². The highest BCUT2D eigenvalue weighted by Gasteiger charge is 2.14. The lowest BCUT2D eigenvalue weighted by molar-refractivity contribution is 0.0309. The molecule has 0 bridgehead atoms. The maximum absolute atomic E-state index is 10.9. The van der Waals surface area contributed by atoms with Gasteiger partial charge >= 0.3 is 6.16 Å². The molecule has 0 amide bonds. The van der Waals surface area contributed by atoms with E-state index in [0.717, 1.165) is 12.1 Å². The van der Waals surface area contributed by atoms with Crippen molar-refractivity contribution in [2.24, 2.45) is 0 Å². The maximum Gasteiger partial charge on any atom is 0.535 e. The van der Waals surface area contributed by atoms with Gasteiger partial charge in [-0.15, -0.1) is 4.73 Å². The molecule has 0 aliphatic carbocycles. The molecule has 14 heavy (non-hydrogen) atoms. The Bertz CT molecular complexity index is 315. The molecule has 7 heteroatoms. The maximum atomic E-state index is 10.9. The van der Waals surface area contributed by atoms with E-state index in [9.17, 15) is 4.79 Å². The predicted octanol–water partition coefficient (Wildman–Crippen LogP) is 1.05. The molecule has 0 saturated heterocycles. The Morgan fingerprint density at radius 1 is 1.50 bits per heavy atom. The van der Waals surface area contributed by atoms with Gasteiger partial charge in [0, 0.05) is 12.1 Å². The van der Waals surface area contributed by atoms with Crippen molar-refractivity contribution in [3.05, 3.63) is 12.1 Å². The first-order chi connectivity index (χ1) is 6.50. The van der Waals surface area contributed by atoms with Gasteiger partial charge in [-0.05, 0) is 6.92 Å². The summed E-state index contributed by atoms with van der Waals surface area (Å²) in [6.45, 7) is 1.41. The van der Waals surface area contributed by atoms with Crippen molar-refractivity contribution in [1.29, 1.82) is 0 Å². The van der Waals surface area contributed by atoms with Gasteiger partial charge < -0.3 is 14.9 Å². The Morgan fingerprint density at radius 3 is 2.43 bits per heavy atom. The van der Waals surface area contributed by atoms with E-state index in [-0.39, 0.29) is 0 Å². The first-order valence-electron chi connectivity index (χ1n) is 3.63. The largest absolute Gasteiger partial charge is 0.535 e. The van der Waals surface area contributed by atoms with E-state index in [2.05, 4.69) is 9.57 Å². The number of aromatic nitrogens is 1. The van der Waals surface area contributed by atoms with Crippen molar-refractivity contribution in [2.45, 2.75) is 12.5 Å². The van der Waals surface area contributed by atoms with Crippen LogP contribution in [0.1, 0.15) is 6.92 Å². The average Bonchev–Trinajstić information content (AvgIpc) is 2.34. The molecule has 1 unspecified atom stereocenters. The second kappa shape index (κ2) is 4.10. The molecular formula is C7H8ClNO5. The van der Waals surface area contributed by atoms with Crippen molar-refractivity contribution in [2.75, 3.05) is 0 Å². The fourth-order valence-electron chi connectivity index (χ4n) is 0.724. The Kier molecular flexibility index (Phi) is 3.08.